The largest absolute Gasteiger partial charge is 1.00 e. The van der Waals surface area contributed by atoms with Gasteiger partial charge in [0.15, 0.2) is 0 Å². The number of carbonyl (C=O) groups is 6. The van der Waals surface area contributed by atoms with Crippen molar-refractivity contribution in [2.45, 2.75) is 58.0 Å². The molecule has 0 bridgehead atoms. The maximum atomic E-state index is 13.8. The van der Waals surface area contributed by atoms with Crippen LogP contribution in [0.4, 0.5) is 11.4 Å². The maximum absolute atomic E-state index is 13.8. The summed E-state index contributed by atoms with van der Waals surface area (Å²) in [4.78, 5) is 142. The van der Waals surface area contributed by atoms with E-state index in [4.69, 9.17) is 76.5 Å². The SMILES string of the molecule is COC(=O)c1cccc(CN2CCOCCOCCN(C(c3ccc(C(=O)NCCC(=O)N4Cc5ccccc5C#Cc5ccccc54)cc3)c3cccc(C)n3)CCOCCOCC2)n1.COC(=O)c1cccc(CN2CCOCCOCCN(C(c3ccc(C(=O)NCCC(=O)N4Cc5ccccc5C#Cc5ccccc54)cc3)c3ccccn3)CCOCCOCC2)n1.O=C=O.O=C=O.[Li+].[OH-]. The Morgan fingerprint density at radius 2 is 0.712 bits per heavy atom. The molecule has 139 heavy (non-hydrogen) atoms. The first-order valence-corrected chi connectivity index (χ1v) is 45.4. The molecule has 2 fully saturated rings. The third kappa shape index (κ3) is 35.3. The van der Waals surface area contributed by atoms with Crippen LogP contribution in [0.15, 0.2) is 225 Å². The number of benzene rings is 6. The van der Waals surface area contributed by atoms with E-state index >= 15 is 0 Å². The molecule has 4 aliphatic rings. The van der Waals surface area contributed by atoms with Crippen LogP contribution in [0, 0.1) is 30.6 Å². The Morgan fingerprint density at radius 1 is 0.381 bits per heavy atom. The number of esters is 2. The van der Waals surface area contributed by atoms with E-state index < -0.39 is 11.9 Å². The van der Waals surface area contributed by atoms with Crippen LogP contribution in [0.25, 0.3) is 0 Å². The first-order chi connectivity index (χ1) is 67.1. The monoisotopic (exact) mass is 1890 g/mol. The Bertz CT molecular complexity index is 5700. The van der Waals surface area contributed by atoms with Crippen molar-refractivity contribution in [1.82, 2.24) is 50.2 Å². The van der Waals surface area contributed by atoms with Crippen LogP contribution in [0.1, 0.15) is 140 Å². The number of hydrogen-bond donors (Lipinski definition) is 2. The zero-order valence-corrected chi connectivity index (χ0v) is 78.7. The number of amides is 4. The summed E-state index contributed by atoms with van der Waals surface area (Å²) in [5.41, 5.74) is 14.4. The molecule has 2 unspecified atom stereocenters. The number of anilines is 2. The zero-order chi connectivity index (χ0) is 96.4. The normalized spacial score (nSPS) is 15.6. The number of carbonyl (C=O) groups excluding carboxylic acids is 10. The number of ether oxygens (including phenoxy) is 10. The van der Waals surface area contributed by atoms with Gasteiger partial charge in [0.05, 0.1) is 179 Å². The molecule has 6 aromatic carbocycles. The molecule has 0 saturated carbocycles. The summed E-state index contributed by atoms with van der Waals surface area (Å²) in [5, 5.41) is 5.92. The fourth-order valence-electron chi connectivity index (χ4n) is 15.6. The molecule has 33 nitrogen and oxygen atoms in total. The Hall–Kier alpha value is -13.3. The molecule has 0 radical (unpaired) electrons. The minimum Gasteiger partial charge on any atom is -0.870 e. The predicted octanol–water partition coefficient (Wildman–Crippen LogP) is 6.58. The molecule has 10 aromatic rings. The van der Waals surface area contributed by atoms with Gasteiger partial charge in [-0.25, -0.2) is 19.6 Å². The molecule has 3 N–H and O–H groups in total. The van der Waals surface area contributed by atoms with Crippen molar-refractivity contribution >= 4 is 59.2 Å². The standard InChI is InChI=1S/C52H58N6O8.C51H56N6O8.2CO2.Li.H2O/c1-39-9-7-14-46(54-39)50(57-27-31-65-35-33-63-29-25-56(26-30-64-34-36-66-32-28-57)38-45-13-8-15-47(55-45)52(61)62-2)42-19-21-43(22-20-42)51(60)53-24-23-49(59)58-37-44-12-4-3-10-40(44)17-18-41-11-5-6-16-48(41)58;1-61-51(60)46-14-8-12-44(54-46)38-55-25-29-62-33-35-64-31-27-56(28-32-65-36-34-63-30-26-55)49(45-13-6-7-23-52-45)41-18-20-42(21-19-41)50(59)53-24-22-48(58)57-37-43-11-3-2-9-39(43)16-17-40-10-4-5-15-47(40)57;2*2-1-3;;/h3-16,19-22,50H,23-38H2,1-2H3,(H,53,60);2-15,18-21,23,49H,22,24-38H2,1H3,(H,53,59);;;;1H2/q;;;;+1;/p-1. The second kappa shape index (κ2) is 61.1. The molecule has 2 saturated heterocycles. The van der Waals surface area contributed by atoms with Gasteiger partial charge >= 0.3 is 43.1 Å². The summed E-state index contributed by atoms with van der Waals surface area (Å²) >= 11 is 0. The number of fused-ring (bicyclic) bond motifs is 4. The third-order valence-electron chi connectivity index (χ3n) is 22.4. The van der Waals surface area contributed by atoms with Crippen molar-refractivity contribution in [3.8, 4) is 23.7 Å². The van der Waals surface area contributed by atoms with Crippen LogP contribution in [0.5, 0.6) is 0 Å². The van der Waals surface area contributed by atoms with E-state index in [2.05, 4.69) is 63.9 Å². The number of aromatic nitrogens is 4. The van der Waals surface area contributed by atoms with E-state index in [9.17, 15) is 28.8 Å². The number of pyridine rings is 4. The first-order valence-electron chi connectivity index (χ1n) is 45.4. The summed E-state index contributed by atoms with van der Waals surface area (Å²) in [6.07, 6.45) is 2.53. The molecular formula is C105H115LiN12O21. The van der Waals surface area contributed by atoms with Gasteiger partial charge in [0.25, 0.3) is 11.8 Å². The summed E-state index contributed by atoms with van der Waals surface area (Å²) in [5.74, 6) is 11.3. The molecule has 0 spiro atoms. The molecule has 4 aromatic heterocycles. The van der Waals surface area contributed by atoms with Gasteiger partial charge in [0, 0.05) is 137 Å². The smallest absolute Gasteiger partial charge is 0.870 e. The summed E-state index contributed by atoms with van der Waals surface area (Å²) in [7, 11) is 2.69. The first kappa shape index (κ1) is 109. The van der Waals surface area contributed by atoms with Crippen molar-refractivity contribution in [3.63, 3.8) is 0 Å². The van der Waals surface area contributed by atoms with Crippen LogP contribution in [0.2, 0.25) is 0 Å². The number of aryl methyl sites for hydroxylation is 1. The van der Waals surface area contributed by atoms with Gasteiger partial charge in [-0.15, -0.1) is 0 Å². The number of nitrogens with one attached hydrogen (secondary N) is 2. The van der Waals surface area contributed by atoms with Crippen LogP contribution < -0.4 is 39.3 Å². The zero-order valence-electron chi connectivity index (χ0n) is 78.7. The van der Waals surface area contributed by atoms with Crippen molar-refractivity contribution in [2.24, 2.45) is 0 Å². The van der Waals surface area contributed by atoms with Gasteiger partial charge in [0.2, 0.25) is 11.8 Å². The van der Waals surface area contributed by atoms with Crippen molar-refractivity contribution < 1.29 is 120 Å². The Labute approximate surface area is 821 Å². The van der Waals surface area contributed by atoms with E-state index in [0.29, 0.717) is 195 Å². The summed E-state index contributed by atoms with van der Waals surface area (Å²) in [6.45, 7) is 16.2. The number of methoxy groups -OCH3 is 2. The van der Waals surface area contributed by atoms with Gasteiger partial charge in [-0.3, -0.25) is 48.7 Å². The van der Waals surface area contributed by atoms with E-state index in [0.717, 1.165) is 84.4 Å². The van der Waals surface area contributed by atoms with Crippen molar-refractivity contribution in [2.75, 3.05) is 195 Å². The number of rotatable bonds is 20. The average Bonchev–Trinajstić information content (AvgIpc) is 0.822. The molecule has 4 aliphatic heterocycles. The Kier molecular flexibility index (Phi) is 48.1. The van der Waals surface area contributed by atoms with Crippen molar-refractivity contribution in [3.05, 3.63) is 320 Å². The second-order valence-electron chi connectivity index (χ2n) is 31.5. The van der Waals surface area contributed by atoms with Crippen LogP contribution in [-0.2, 0) is 102 Å². The second-order valence-corrected chi connectivity index (χ2v) is 31.5. The van der Waals surface area contributed by atoms with Gasteiger partial charge < -0.3 is 73.3 Å². The number of para-hydroxylation sites is 2. The molecule has 4 amide bonds. The van der Waals surface area contributed by atoms with E-state index in [1.165, 1.54) is 14.2 Å². The molecule has 34 heteroatoms. The van der Waals surface area contributed by atoms with Gasteiger partial charge in [0.1, 0.15) is 11.4 Å². The molecule has 0 aliphatic carbocycles. The third-order valence-corrected chi connectivity index (χ3v) is 22.4. The van der Waals surface area contributed by atoms with Crippen LogP contribution >= 0.6 is 0 Å². The van der Waals surface area contributed by atoms with E-state index in [-0.39, 0.29) is 110 Å². The fourth-order valence-corrected chi connectivity index (χ4v) is 15.6. The quantitative estimate of drug-likeness (QED) is 0.0462. The fraction of sp³-hybridized carbons (Fsp3) is 0.352. The van der Waals surface area contributed by atoms with Crippen molar-refractivity contribution in [1.29, 1.82) is 0 Å². The van der Waals surface area contributed by atoms with Crippen LogP contribution in [-0.4, -0.2) is 278 Å². The molecule has 722 valence electrons. The molecule has 8 heterocycles. The van der Waals surface area contributed by atoms with Gasteiger partial charge in [-0.2, -0.15) is 19.2 Å². The van der Waals surface area contributed by atoms with E-state index in [1.54, 1.807) is 40.3 Å². The minimum atomic E-state index is -0.470. The summed E-state index contributed by atoms with van der Waals surface area (Å²) in [6, 6.07) is 68.2. The average molecular weight is 1890 g/mol. The summed E-state index contributed by atoms with van der Waals surface area (Å²) < 4.78 is 58.0. The topological polar surface area (TPSA) is 388 Å². The van der Waals surface area contributed by atoms with Crippen LogP contribution in [0.3, 0.4) is 0 Å². The maximum Gasteiger partial charge on any atom is 1.00 e. The Morgan fingerprint density at radius 3 is 1.08 bits per heavy atom. The van der Waals surface area contributed by atoms with Gasteiger partial charge in [-0.05, 0) is 138 Å². The van der Waals surface area contributed by atoms with Gasteiger partial charge in [-0.1, -0.05) is 133 Å². The van der Waals surface area contributed by atoms with E-state index in [1.807, 2.05) is 201 Å². The number of nitrogens with zero attached hydrogens (tertiary/aromatic N) is 10. The molecular weight excluding hydrogens is 1770 g/mol. The molecule has 2 atom stereocenters. The number of hydrogen-bond acceptors (Lipinski definition) is 29. The molecule has 14 rings (SSSR count). The minimum absolute atomic E-state index is 0. The predicted molar refractivity (Wildman–Crippen MR) is 507 cm³/mol. The Balaban J connectivity index is 0.000000290.